The monoisotopic (exact) mass is 743 g/mol. The summed E-state index contributed by atoms with van der Waals surface area (Å²) in [5.41, 5.74) is 16.7. The van der Waals surface area contributed by atoms with Crippen LogP contribution in [0.4, 0.5) is 17.1 Å². The van der Waals surface area contributed by atoms with E-state index in [1.807, 2.05) is 0 Å². The van der Waals surface area contributed by atoms with Crippen molar-refractivity contribution in [3.8, 4) is 33.4 Å². The Morgan fingerprint density at radius 1 is 0.397 bits per heavy atom. The van der Waals surface area contributed by atoms with E-state index in [1.54, 1.807) is 0 Å². The van der Waals surface area contributed by atoms with Crippen LogP contribution in [0.1, 0.15) is 48.6 Å². The zero-order valence-corrected chi connectivity index (χ0v) is 33.2. The Morgan fingerprint density at radius 2 is 0.931 bits per heavy atom. The Morgan fingerprint density at radius 3 is 1.60 bits per heavy atom. The van der Waals surface area contributed by atoms with E-state index < -0.39 is 5.41 Å². The second kappa shape index (κ2) is 14.2. The highest BCUT2D eigenvalue weighted by Crippen LogP contribution is 2.57. The first-order valence-electron chi connectivity index (χ1n) is 20.4. The molecule has 10 rings (SSSR count). The lowest BCUT2D eigenvalue weighted by Crippen LogP contribution is -2.28. The highest BCUT2D eigenvalue weighted by atomic mass is 15.1. The number of nitrogens with zero attached hydrogens (tertiary/aromatic N) is 1. The minimum absolute atomic E-state index is 0.0293. The Bertz CT molecular complexity index is 2860. The van der Waals surface area contributed by atoms with E-state index in [-0.39, 0.29) is 5.41 Å². The summed E-state index contributed by atoms with van der Waals surface area (Å²) in [5.74, 6) is 0. The van der Waals surface area contributed by atoms with Crippen molar-refractivity contribution in [2.45, 2.75) is 31.6 Å². The second-order valence-corrected chi connectivity index (χ2v) is 16.5. The van der Waals surface area contributed by atoms with Gasteiger partial charge in [0, 0.05) is 16.9 Å². The summed E-state index contributed by atoms with van der Waals surface area (Å²) < 4.78 is 0. The molecule has 0 radical (unpaired) electrons. The van der Waals surface area contributed by atoms with Crippen molar-refractivity contribution in [3.05, 3.63) is 246 Å². The number of fused-ring (bicyclic) bond motifs is 4. The van der Waals surface area contributed by atoms with Gasteiger partial charge in [0.25, 0.3) is 0 Å². The van der Waals surface area contributed by atoms with Crippen molar-refractivity contribution in [1.82, 2.24) is 0 Å². The lowest BCUT2D eigenvalue weighted by Gasteiger charge is -2.34. The Labute approximate surface area is 342 Å². The number of rotatable bonds is 7. The van der Waals surface area contributed by atoms with E-state index in [1.165, 1.54) is 72.0 Å². The number of hydrogen-bond acceptors (Lipinski definition) is 1. The first-order chi connectivity index (χ1) is 28.4. The standard InChI is InChI=1S/C57H45N/c1-56(2,3)42-32-34-45(35-33-42)58(54-38-31-41-21-13-14-27-48(41)55(54)50-29-16-15-26-47(50)40-19-7-4-8-20-40)46-36-37-53-51(39-46)49-28-17-18-30-52(49)57(53,43-22-9-5-10-23-43)44-24-11-6-12-25-44/h4-39H,1-3H3. The van der Waals surface area contributed by atoms with Gasteiger partial charge >= 0.3 is 0 Å². The molecule has 0 aliphatic heterocycles. The van der Waals surface area contributed by atoms with Crippen molar-refractivity contribution in [3.63, 3.8) is 0 Å². The molecule has 0 saturated heterocycles. The molecule has 0 fully saturated rings. The fourth-order valence-corrected chi connectivity index (χ4v) is 9.41. The van der Waals surface area contributed by atoms with Crippen LogP contribution in [0.3, 0.4) is 0 Å². The molecule has 0 aromatic heterocycles. The molecule has 1 aliphatic rings. The molecule has 0 heterocycles. The molecule has 58 heavy (non-hydrogen) atoms. The molecule has 9 aromatic carbocycles. The SMILES string of the molecule is CC(C)(C)c1ccc(N(c2ccc3c(c2)-c2ccccc2C3(c2ccccc2)c2ccccc2)c2ccc3ccccc3c2-c2ccccc2-c2ccccc2)cc1. The van der Waals surface area contributed by atoms with Gasteiger partial charge in [-0.15, -0.1) is 0 Å². The quantitative estimate of drug-likeness (QED) is 0.157. The maximum absolute atomic E-state index is 2.49. The third-order valence-corrected chi connectivity index (χ3v) is 12.1. The molecule has 9 aromatic rings. The molecule has 1 heteroatoms. The summed E-state index contributed by atoms with van der Waals surface area (Å²) in [4.78, 5) is 2.49. The molecular weight excluding hydrogens is 699 g/mol. The van der Waals surface area contributed by atoms with Crippen LogP contribution in [0.15, 0.2) is 218 Å². The van der Waals surface area contributed by atoms with E-state index in [0.717, 1.165) is 17.1 Å². The van der Waals surface area contributed by atoms with Crippen molar-refractivity contribution in [2.75, 3.05) is 4.90 Å². The number of anilines is 3. The van der Waals surface area contributed by atoms with E-state index in [9.17, 15) is 0 Å². The van der Waals surface area contributed by atoms with Crippen LogP contribution in [0, 0.1) is 0 Å². The van der Waals surface area contributed by atoms with Crippen LogP contribution >= 0.6 is 0 Å². The van der Waals surface area contributed by atoms with E-state index in [0.29, 0.717) is 0 Å². The van der Waals surface area contributed by atoms with Gasteiger partial charge < -0.3 is 4.90 Å². The first-order valence-corrected chi connectivity index (χ1v) is 20.4. The van der Waals surface area contributed by atoms with Crippen molar-refractivity contribution < 1.29 is 0 Å². The average molecular weight is 744 g/mol. The van der Waals surface area contributed by atoms with Crippen molar-refractivity contribution in [2.24, 2.45) is 0 Å². The fraction of sp³-hybridized carbons (Fsp3) is 0.0877. The first kappa shape index (κ1) is 35.5. The van der Waals surface area contributed by atoms with Gasteiger partial charge in [0.1, 0.15) is 0 Å². The summed E-state index contributed by atoms with van der Waals surface area (Å²) in [6, 6.07) is 80.7. The molecule has 0 atom stereocenters. The Kier molecular flexibility index (Phi) is 8.68. The third-order valence-electron chi connectivity index (χ3n) is 12.1. The summed E-state index contributed by atoms with van der Waals surface area (Å²) in [6.07, 6.45) is 0. The molecule has 278 valence electrons. The normalized spacial score (nSPS) is 12.9. The molecule has 0 unspecified atom stereocenters. The zero-order valence-electron chi connectivity index (χ0n) is 33.2. The minimum Gasteiger partial charge on any atom is -0.310 e. The van der Waals surface area contributed by atoms with Gasteiger partial charge in [0.2, 0.25) is 0 Å². The highest BCUT2D eigenvalue weighted by Gasteiger charge is 2.46. The predicted octanol–water partition coefficient (Wildman–Crippen LogP) is 15.3. The molecule has 0 spiro atoms. The largest absolute Gasteiger partial charge is 0.310 e. The summed E-state index contributed by atoms with van der Waals surface area (Å²) in [5, 5.41) is 2.43. The minimum atomic E-state index is -0.463. The maximum atomic E-state index is 2.49. The van der Waals surface area contributed by atoms with Gasteiger partial charge in [-0.05, 0) is 102 Å². The summed E-state index contributed by atoms with van der Waals surface area (Å²) >= 11 is 0. The van der Waals surface area contributed by atoms with Crippen molar-refractivity contribution >= 4 is 27.8 Å². The van der Waals surface area contributed by atoms with Gasteiger partial charge in [-0.3, -0.25) is 0 Å². The topological polar surface area (TPSA) is 3.24 Å². The molecule has 0 amide bonds. The molecule has 0 saturated carbocycles. The molecule has 1 nitrogen and oxygen atoms in total. The van der Waals surface area contributed by atoms with Crippen LogP contribution in [-0.2, 0) is 10.8 Å². The van der Waals surface area contributed by atoms with Crippen LogP contribution in [-0.4, -0.2) is 0 Å². The third kappa shape index (κ3) is 5.77. The van der Waals surface area contributed by atoms with Gasteiger partial charge in [0.05, 0.1) is 11.1 Å². The Hall–Kier alpha value is -6.96. The number of benzene rings is 9. The Balaban J connectivity index is 1.27. The lowest BCUT2D eigenvalue weighted by atomic mass is 9.68. The second-order valence-electron chi connectivity index (χ2n) is 16.5. The van der Waals surface area contributed by atoms with Crippen LogP contribution in [0.5, 0.6) is 0 Å². The smallest absolute Gasteiger partial charge is 0.0713 e. The highest BCUT2D eigenvalue weighted by molar-refractivity contribution is 6.08. The predicted molar refractivity (Wildman–Crippen MR) is 246 cm³/mol. The van der Waals surface area contributed by atoms with E-state index in [4.69, 9.17) is 0 Å². The zero-order chi connectivity index (χ0) is 39.3. The van der Waals surface area contributed by atoms with Gasteiger partial charge in [-0.1, -0.05) is 209 Å². The molecular formula is C57H45N. The number of hydrogen-bond donors (Lipinski definition) is 0. The average Bonchev–Trinajstić information content (AvgIpc) is 3.58. The molecule has 0 bridgehead atoms. The van der Waals surface area contributed by atoms with Crippen LogP contribution in [0.25, 0.3) is 44.2 Å². The summed E-state index contributed by atoms with van der Waals surface area (Å²) in [6.45, 7) is 6.85. The van der Waals surface area contributed by atoms with Crippen LogP contribution < -0.4 is 4.90 Å². The van der Waals surface area contributed by atoms with E-state index in [2.05, 4.69) is 244 Å². The lowest BCUT2D eigenvalue weighted by molar-refractivity contribution is 0.590. The van der Waals surface area contributed by atoms with Gasteiger partial charge in [-0.25, -0.2) is 0 Å². The van der Waals surface area contributed by atoms with Crippen molar-refractivity contribution in [1.29, 1.82) is 0 Å². The maximum Gasteiger partial charge on any atom is 0.0713 e. The van der Waals surface area contributed by atoms with Gasteiger partial charge in [-0.2, -0.15) is 0 Å². The van der Waals surface area contributed by atoms with Crippen LogP contribution in [0.2, 0.25) is 0 Å². The summed E-state index contributed by atoms with van der Waals surface area (Å²) in [7, 11) is 0. The van der Waals surface area contributed by atoms with E-state index >= 15 is 0 Å². The molecule has 1 aliphatic carbocycles. The van der Waals surface area contributed by atoms with Gasteiger partial charge in [0.15, 0.2) is 0 Å². The molecule has 0 N–H and O–H groups in total. The fourth-order valence-electron chi connectivity index (χ4n) is 9.41.